The van der Waals surface area contributed by atoms with Crippen molar-refractivity contribution in [3.05, 3.63) is 21.7 Å². The maximum atomic E-state index is 12.7. The van der Waals surface area contributed by atoms with Gasteiger partial charge >= 0.3 is 5.97 Å². The lowest BCUT2D eigenvalue weighted by Gasteiger charge is -2.49. The minimum absolute atomic E-state index is 0.0290. The molecule has 0 unspecified atom stereocenters. The molecule has 1 aromatic heterocycles. The number of hydrogen-bond donors (Lipinski definition) is 5. The number of nitrogens with two attached hydrogens (primary N) is 1. The summed E-state index contributed by atoms with van der Waals surface area (Å²) in [7, 11) is -3.59. The third-order valence-electron chi connectivity index (χ3n) is 4.35. The normalized spacial score (nSPS) is 20.9. The van der Waals surface area contributed by atoms with Crippen LogP contribution in [0.2, 0.25) is 0 Å². The van der Waals surface area contributed by atoms with Gasteiger partial charge in [0.25, 0.3) is 11.8 Å². The summed E-state index contributed by atoms with van der Waals surface area (Å²) in [5, 5.41) is 24.5. The Hall–Kier alpha value is -2.05. The van der Waals surface area contributed by atoms with Crippen LogP contribution in [0.4, 0.5) is 5.13 Å². The summed E-state index contributed by atoms with van der Waals surface area (Å²) in [6.07, 6.45) is 0. The van der Waals surface area contributed by atoms with Crippen molar-refractivity contribution < 1.29 is 33.1 Å². The van der Waals surface area contributed by atoms with Gasteiger partial charge in [0.15, 0.2) is 10.8 Å². The maximum absolute atomic E-state index is 12.7. The number of halogens is 1. The number of rotatable bonds is 10. The molecule has 6 N–H and O–H groups in total. The zero-order chi connectivity index (χ0) is 24.3. The fraction of sp³-hybridized carbons (Fsp3) is 0.400. The molecule has 33 heavy (non-hydrogen) atoms. The Balaban J connectivity index is 1.67. The van der Waals surface area contributed by atoms with Crippen LogP contribution in [0.25, 0.3) is 0 Å². The number of β-lactam (4-membered cyclic amide) rings is 1. The van der Waals surface area contributed by atoms with Crippen molar-refractivity contribution in [2.24, 2.45) is 5.16 Å². The molecule has 0 saturated carbocycles. The highest BCUT2D eigenvalue weighted by molar-refractivity contribution is 8.06. The number of carbonyl (C=O) groups excluding carboxylic acids is 2. The molecule has 0 bridgehead atoms. The Morgan fingerprint density at radius 2 is 2.18 bits per heavy atom. The number of carboxylic acid groups (broad SMARTS) is 1. The Morgan fingerprint density at radius 1 is 1.45 bits per heavy atom. The van der Waals surface area contributed by atoms with Crippen LogP contribution >= 0.6 is 46.5 Å². The van der Waals surface area contributed by atoms with Gasteiger partial charge in [0.2, 0.25) is 10.0 Å². The van der Waals surface area contributed by atoms with Crippen LogP contribution in [0.5, 0.6) is 0 Å². The average molecular weight is 557 g/mol. The van der Waals surface area contributed by atoms with E-state index in [1.165, 1.54) is 17.1 Å². The molecule has 2 aliphatic heterocycles. The number of aromatic nitrogens is 1. The minimum Gasteiger partial charge on any atom is -0.477 e. The summed E-state index contributed by atoms with van der Waals surface area (Å²) < 4.78 is 25.0. The molecule has 3 heterocycles. The van der Waals surface area contributed by atoms with E-state index >= 15 is 0 Å². The summed E-state index contributed by atoms with van der Waals surface area (Å²) in [4.78, 5) is 42.4. The zero-order valence-corrected chi connectivity index (χ0v) is 20.4. The first kappa shape index (κ1) is 25.6. The second-order valence-corrected chi connectivity index (χ2v) is 12.0. The number of thiazole rings is 1. The molecule has 2 aliphatic rings. The fourth-order valence-corrected chi connectivity index (χ4v) is 6.83. The van der Waals surface area contributed by atoms with Crippen molar-refractivity contribution >= 4 is 85.1 Å². The molecule has 1 aromatic rings. The number of anilines is 1. The first-order valence-electron chi connectivity index (χ1n) is 8.91. The first-order valence-corrected chi connectivity index (χ1v) is 14.0. The van der Waals surface area contributed by atoms with Crippen molar-refractivity contribution in [2.75, 3.05) is 29.0 Å². The summed E-state index contributed by atoms with van der Waals surface area (Å²) in [5.41, 5.74) is 4.90. The molecule has 0 aromatic carbocycles. The second kappa shape index (κ2) is 10.5. The van der Waals surface area contributed by atoms with Gasteiger partial charge in [-0.15, -0.1) is 46.5 Å². The Labute approximate surface area is 204 Å². The van der Waals surface area contributed by atoms with Crippen molar-refractivity contribution in [3.63, 3.8) is 0 Å². The Morgan fingerprint density at radius 3 is 2.76 bits per heavy atom. The lowest BCUT2D eigenvalue weighted by Crippen LogP contribution is -2.71. The lowest BCUT2D eigenvalue weighted by molar-refractivity contribution is -0.150. The molecule has 2 amide bonds. The van der Waals surface area contributed by atoms with Gasteiger partial charge in [-0.05, 0) is 0 Å². The van der Waals surface area contributed by atoms with E-state index in [-0.39, 0.29) is 34.6 Å². The predicted molar refractivity (Wildman–Crippen MR) is 125 cm³/mol. The van der Waals surface area contributed by atoms with Crippen LogP contribution in [0, 0.1) is 0 Å². The number of nitrogens with one attached hydrogen (secondary N) is 2. The lowest BCUT2D eigenvalue weighted by atomic mass is 10.0. The van der Waals surface area contributed by atoms with Gasteiger partial charge in [0.05, 0.1) is 0 Å². The van der Waals surface area contributed by atoms with E-state index in [1.807, 2.05) is 0 Å². The summed E-state index contributed by atoms with van der Waals surface area (Å²) in [6, 6.07) is -1.04. The maximum Gasteiger partial charge on any atom is 0.353 e. The molecule has 3 rings (SSSR count). The number of hydrogen-bond acceptors (Lipinski definition) is 12. The number of fused-ring (bicyclic) bond motifs is 1. The van der Waals surface area contributed by atoms with E-state index in [9.17, 15) is 33.1 Å². The van der Waals surface area contributed by atoms with E-state index in [4.69, 9.17) is 17.3 Å². The van der Waals surface area contributed by atoms with Crippen LogP contribution in [0.15, 0.2) is 21.1 Å². The largest absolute Gasteiger partial charge is 0.477 e. The van der Waals surface area contributed by atoms with Gasteiger partial charge in [0, 0.05) is 28.3 Å². The number of nitrogens with zero attached hydrogens (tertiary/aromatic N) is 3. The number of carboxylic acids is 1. The van der Waals surface area contributed by atoms with E-state index in [2.05, 4.69) is 20.2 Å². The summed E-state index contributed by atoms with van der Waals surface area (Å²) >= 11 is 8.68. The number of thioether (sulfide) groups is 2. The monoisotopic (exact) mass is 556 g/mol. The number of amides is 2. The molecule has 1 saturated heterocycles. The van der Waals surface area contributed by atoms with Gasteiger partial charge in [-0.2, -0.15) is 0 Å². The quantitative estimate of drug-likeness (QED) is 0.0617. The van der Waals surface area contributed by atoms with Crippen molar-refractivity contribution in [1.82, 2.24) is 19.9 Å². The van der Waals surface area contributed by atoms with Crippen LogP contribution < -0.4 is 15.8 Å². The molecule has 0 radical (unpaired) electrons. The molecule has 18 heteroatoms. The predicted octanol–water partition coefficient (Wildman–Crippen LogP) is -0.551. The number of aliphatic carboxylic acids is 1. The number of oxime groups is 1. The van der Waals surface area contributed by atoms with Crippen LogP contribution in [0.1, 0.15) is 5.69 Å². The molecule has 0 spiro atoms. The SMILES string of the molecule is Nc1nc(/C(=N/O)C(=O)N[C@@H]2C(=O)N3C(C(=O)O)=C(SCCNS(=O)(=O)CCl)CS[C@H]23)cs1. The van der Waals surface area contributed by atoms with E-state index < -0.39 is 50.1 Å². The van der Waals surface area contributed by atoms with Crippen molar-refractivity contribution in [1.29, 1.82) is 0 Å². The smallest absolute Gasteiger partial charge is 0.353 e. The minimum atomic E-state index is -3.59. The van der Waals surface area contributed by atoms with Crippen molar-refractivity contribution in [3.8, 4) is 0 Å². The average Bonchev–Trinajstić information content (AvgIpc) is 3.20. The number of nitrogen functional groups attached to an aromatic ring is 1. The highest BCUT2D eigenvalue weighted by atomic mass is 35.5. The standard InChI is InChI=1S/C15H17ClN6O7S4/c16-5-33(28,29)18-1-2-30-7-4-31-13-9(12(24)22(13)10(7)14(25)26)20-11(23)8(21-27)6-3-32-15(17)19-6/h3,9,13,18,27H,1-2,4-5H2,(H2,17,19)(H,20,23)(H,25,26)/b21-8-/t9-,13-/m1/s1. The third kappa shape index (κ3) is 5.55. The number of sulfonamides is 1. The third-order valence-corrected chi connectivity index (χ3v) is 9.37. The van der Waals surface area contributed by atoms with Crippen LogP contribution in [-0.4, -0.2) is 86.8 Å². The van der Waals surface area contributed by atoms with Crippen molar-refractivity contribution in [2.45, 2.75) is 11.4 Å². The van der Waals surface area contributed by atoms with Gasteiger partial charge in [-0.3, -0.25) is 14.5 Å². The van der Waals surface area contributed by atoms with Gasteiger partial charge in [-0.25, -0.2) is 22.9 Å². The molecular formula is C15H17ClN6O7S4. The molecular weight excluding hydrogens is 540 g/mol. The van der Waals surface area contributed by atoms with E-state index in [1.54, 1.807) is 0 Å². The molecule has 13 nitrogen and oxygen atoms in total. The van der Waals surface area contributed by atoms with Crippen LogP contribution in [0.3, 0.4) is 0 Å². The molecule has 1 fully saturated rings. The number of alkyl halides is 1. The molecule has 2 atom stereocenters. The topological polar surface area (TPSA) is 204 Å². The Kier molecular flexibility index (Phi) is 8.12. The molecule has 180 valence electrons. The summed E-state index contributed by atoms with van der Waals surface area (Å²) in [6.45, 7) is 0.0290. The van der Waals surface area contributed by atoms with Crippen LogP contribution in [-0.2, 0) is 24.4 Å². The van der Waals surface area contributed by atoms with E-state index in [0.717, 1.165) is 28.0 Å². The highest BCUT2D eigenvalue weighted by Gasteiger charge is 2.54. The Bertz CT molecular complexity index is 1140. The number of carbonyl (C=O) groups is 3. The van der Waals surface area contributed by atoms with Gasteiger partial charge in [-0.1, -0.05) is 5.16 Å². The van der Waals surface area contributed by atoms with Gasteiger partial charge < -0.3 is 21.4 Å². The van der Waals surface area contributed by atoms with E-state index in [0.29, 0.717) is 4.91 Å². The second-order valence-electron chi connectivity index (χ2n) is 6.42. The molecule has 0 aliphatic carbocycles. The first-order chi connectivity index (χ1) is 15.6. The zero-order valence-electron chi connectivity index (χ0n) is 16.4. The van der Waals surface area contributed by atoms with Gasteiger partial charge in [0.1, 0.15) is 28.0 Å². The fourth-order valence-electron chi connectivity index (χ4n) is 2.93. The highest BCUT2D eigenvalue weighted by Crippen LogP contribution is 2.43. The summed E-state index contributed by atoms with van der Waals surface area (Å²) in [5.74, 6) is -2.37.